The first kappa shape index (κ1) is 20.1. The Balaban J connectivity index is 0.00000225. The maximum atomic E-state index is 12.4. The molecule has 0 spiro atoms. The molecule has 1 saturated carbocycles. The Morgan fingerprint density at radius 2 is 1.72 bits per heavy atom. The van der Waals surface area contributed by atoms with Crippen molar-refractivity contribution < 1.29 is 9.53 Å². The largest absolute Gasteiger partial charge is 0.483 e. The van der Waals surface area contributed by atoms with Crippen LogP contribution in [0.1, 0.15) is 42.4 Å². The average Bonchev–Trinajstić information content (AvgIpc) is 3.36. The normalized spacial score (nSPS) is 18.0. The number of nitrogens with one attached hydrogen (secondary N) is 1. The molecule has 0 atom stereocenters. The molecule has 2 fully saturated rings. The molecule has 25 heavy (non-hydrogen) atoms. The molecule has 2 aliphatic rings. The second-order valence-corrected chi connectivity index (χ2v) is 7.52. The van der Waals surface area contributed by atoms with Gasteiger partial charge in [-0.05, 0) is 70.0 Å². The number of carbonyl (C=O) groups is 1. The highest BCUT2D eigenvalue weighted by molar-refractivity contribution is 5.85. The van der Waals surface area contributed by atoms with Crippen LogP contribution in [0.3, 0.4) is 0 Å². The van der Waals surface area contributed by atoms with Crippen molar-refractivity contribution in [3.63, 3.8) is 0 Å². The Morgan fingerprint density at radius 1 is 1.12 bits per heavy atom. The standard InChI is InChI=1S/C20H30N2O2.ClH/c1-14-10-15(2)20(16(3)11-14)24-13-19(23)22-8-6-18(7-9-22)21-12-17-4-5-17;/h10-11,17-18,21H,4-9,12-13H2,1-3H3;1H. The minimum Gasteiger partial charge on any atom is -0.483 e. The lowest BCUT2D eigenvalue weighted by Crippen LogP contribution is -2.46. The summed E-state index contributed by atoms with van der Waals surface area (Å²) in [5.74, 6) is 1.88. The summed E-state index contributed by atoms with van der Waals surface area (Å²) in [6.45, 7) is 9.15. The number of amides is 1. The van der Waals surface area contributed by atoms with Crippen LogP contribution in [0.5, 0.6) is 5.75 Å². The first-order valence-corrected chi connectivity index (χ1v) is 9.24. The smallest absolute Gasteiger partial charge is 0.260 e. The highest BCUT2D eigenvalue weighted by Crippen LogP contribution is 2.28. The Morgan fingerprint density at radius 3 is 2.28 bits per heavy atom. The van der Waals surface area contributed by atoms with Crippen LogP contribution in [0.25, 0.3) is 0 Å². The molecule has 1 aromatic rings. The van der Waals surface area contributed by atoms with Gasteiger partial charge in [-0.1, -0.05) is 17.7 Å². The second-order valence-electron chi connectivity index (χ2n) is 7.52. The molecule has 1 aliphatic carbocycles. The fourth-order valence-electron chi connectivity index (χ4n) is 3.61. The van der Waals surface area contributed by atoms with Crippen LogP contribution in [-0.2, 0) is 4.79 Å². The number of benzene rings is 1. The van der Waals surface area contributed by atoms with E-state index in [2.05, 4.69) is 24.4 Å². The lowest BCUT2D eigenvalue weighted by atomic mass is 10.0. The summed E-state index contributed by atoms with van der Waals surface area (Å²) in [6.07, 6.45) is 4.89. The highest BCUT2D eigenvalue weighted by Gasteiger charge is 2.26. The Kier molecular flexibility index (Phi) is 7.14. The van der Waals surface area contributed by atoms with Gasteiger partial charge in [0.15, 0.2) is 6.61 Å². The van der Waals surface area contributed by atoms with E-state index in [1.54, 1.807) is 0 Å². The number of ether oxygens (including phenoxy) is 1. The Hall–Kier alpha value is -1.26. The van der Waals surface area contributed by atoms with Crippen LogP contribution in [-0.4, -0.2) is 43.1 Å². The molecule has 1 saturated heterocycles. The zero-order valence-electron chi connectivity index (χ0n) is 15.6. The third kappa shape index (κ3) is 5.61. The van der Waals surface area contributed by atoms with Gasteiger partial charge >= 0.3 is 0 Å². The summed E-state index contributed by atoms with van der Waals surface area (Å²) in [5, 5.41) is 3.65. The van der Waals surface area contributed by atoms with Crippen LogP contribution >= 0.6 is 12.4 Å². The quantitative estimate of drug-likeness (QED) is 0.838. The molecule has 1 amide bonds. The van der Waals surface area contributed by atoms with E-state index in [0.717, 1.165) is 55.3 Å². The SMILES string of the molecule is Cc1cc(C)c(OCC(=O)N2CCC(NCC3CC3)CC2)c(C)c1.Cl. The molecular formula is C20H31ClN2O2. The minimum atomic E-state index is 0. The first-order chi connectivity index (χ1) is 11.5. The molecule has 1 aliphatic heterocycles. The molecule has 1 N–H and O–H groups in total. The lowest BCUT2D eigenvalue weighted by molar-refractivity contribution is -0.134. The van der Waals surface area contributed by atoms with Gasteiger partial charge in [-0.25, -0.2) is 0 Å². The third-order valence-corrected chi connectivity index (χ3v) is 5.18. The van der Waals surface area contributed by atoms with Gasteiger partial charge in [0, 0.05) is 19.1 Å². The van der Waals surface area contributed by atoms with Crippen LogP contribution in [0.15, 0.2) is 12.1 Å². The van der Waals surface area contributed by atoms with Crippen molar-refractivity contribution >= 4 is 18.3 Å². The van der Waals surface area contributed by atoms with Crippen LogP contribution in [0, 0.1) is 26.7 Å². The molecule has 3 rings (SSSR count). The zero-order valence-corrected chi connectivity index (χ0v) is 16.5. The first-order valence-electron chi connectivity index (χ1n) is 9.24. The lowest BCUT2D eigenvalue weighted by Gasteiger charge is -2.32. The van der Waals surface area contributed by atoms with Gasteiger partial charge in [0.1, 0.15) is 5.75 Å². The molecule has 1 heterocycles. The number of nitrogens with zero attached hydrogens (tertiary/aromatic N) is 1. The van der Waals surface area contributed by atoms with Crippen molar-refractivity contribution in [3.8, 4) is 5.75 Å². The van der Waals surface area contributed by atoms with E-state index in [4.69, 9.17) is 4.74 Å². The molecular weight excluding hydrogens is 336 g/mol. The van der Waals surface area contributed by atoms with Crippen molar-refractivity contribution in [2.75, 3.05) is 26.2 Å². The van der Waals surface area contributed by atoms with E-state index in [1.165, 1.54) is 18.4 Å². The summed E-state index contributed by atoms with van der Waals surface area (Å²) in [7, 11) is 0. The van der Waals surface area contributed by atoms with Crippen molar-refractivity contribution in [1.29, 1.82) is 0 Å². The Bertz CT molecular complexity index is 570. The molecule has 140 valence electrons. The van der Waals surface area contributed by atoms with Crippen LogP contribution in [0.4, 0.5) is 0 Å². The molecule has 1 aromatic carbocycles. The zero-order chi connectivity index (χ0) is 17.1. The van der Waals surface area contributed by atoms with E-state index in [1.807, 2.05) is 18.7 Å². The molecule has 0 radical (unpaired) electrons. The second kappa shape index (κ2) is 8.91. The van der Waals surface area contributed by atoms with E-state index in [-0.39, 0.29) is 24.9 Å². The number of hydrogen-bond donors (Lipinski definition) is 1. The van der Waals surface area contributed by atoms with Crippen molar-refractivity contribution in [3.05, 3.63) is 28.8 Å². The Labute approximate surface area is 157 Å². The number of hydrogen-bond acceptors (Lipinski definition) is 3. The minimum absolute atomic E-state index is 0. The third-order valence-electron chi connectivity index (χ3n) is 5.18. The van der Waals surface area contributed by atoms with Crippen LogP contribution < -0.4 is 10.1 Å². The number of aryl methyl sites for hydroxylation is 3. The van der Waals surface area contributed by atoms with Crippen LogP contribution in [0.2, 0.25) is 0 Å². The fourth-order valence-corrected chi connectivity index (χ4v) is 3.61. The number of likely N-dealkylation sites (tertiary alicyclic amines) is 1. The van der Waals surface area contributed by atoms with Gasteiger partial charge < -0.3 is 15.0 Å². The molecule has 4 nitrogen and oxygen atoms in total. The number of halogens is 1. The molecule has 0 bridgehead atoms. The maximum Gasteiger partial charge on any atom is 0.260 e. The van der Waals surface area contributed by atoms with Crippen molar-refractivity contribution in [2.45, 2.75) is 52.5 Å². The van der Waals surface area contributed by atoms with Gasteiger partial charge in [0.25, 0.3) is 5.91 Å². The summed E-state index contributed by atoms with van der Waals surface area (Å²) in [6, 6.07) is 4.78. The predicted octanol–water partition coefficient (Wildman–Crippen LogP) is 3.40. The highest BCUT2D eigenvalue weighted by atomic mass is 35.5. The summed E-state index contributed by atoms with van der Waals surface area (Å²) in [5.41, 5.74) is 3.43. The summed E-state index contributed by atoms with van der Waals surface area (Å²) in [4.78, 5) is 14.4. The number of carbonyl (C=O) groups excluding carboxylic acids is 1. The molecule has 5 heteroatoms. The number of piperidine rings is 1. The van der Waals surface area contributed by atoms with Crippen molar-refractivity contribution in [1.82, 2.24) is 10.2 Å². The summed E-state index contributed by atoms with van der Waals surface area (Å²) >= 11 is 0. The molecule has 0 aromatic heterocycles. The van der Waals surface area contributed by atoms with E-state index in [9.17, 15) is 4.79 Å². The average molecular weight is 367 g/mol. The van der Waals surface area contributed by atoms with Gasteiger partial charge in [0.05, 0.1) is 0 Å². The van der Waals surface area contributed by atoms with Gasteiger partial charge in [-0.3, -0.25) is 4.79 Å². The van der Waals surface area contributed by atoms with Gasteiger partial charge in [-0.2, -0.15) is 0 Å². The molecule has 0 unspecified atom stereocenters. The van der Waals surface area contributed by atoms with E-state index < -0.39 is 0 Å². The summed E-state index contributed by atoms with van der Waals surface area (Å²) < 4.78 is 5.84. The maximum absolute atomic E-state index is 12.4. The number of rotatable bonds is 6. The van der Waals surface area contributed by atoms with Gasteiger partial charge in [0.2, 0.25) is 0 Å². The van der Waals surface area contributed by atoms with E-state index >= 15 is 0 Å². The predicted molar refractivity (Wildman–Crippen MR) is 104 cm³/mol. The van der Waals surface area contributed by atoms with Gasteiger partial charge in [-0.15, -0.1) is 12.4 Å². The fraction of sp³-hybridized carbons (Fsp3) is 0.650. The van der Waals surface area contributed by atoms with Crippen molar-refractivity contribution in [2.24, 2.45) is 5.92 Å². The van der Waals surface area contributed by atoms with E-state index in [0.29, 0.717) is 6.04 Å². The monoisotopic (exact) mass is 366 g/mol. The topological polar surface area (TPSA) is 41.6 Å².